The predicted octanol–water partition coefficient (Wildman–Crippen LogP) is 2.87. The number of halogens is 3. The highest BCUT2D eigenvalue weighted by molar-refractivity contribution is 6.25. The minimum atomic E-state index is -1.66. The lowest BCUT2D eigenvalue weighted by Crippen LogP contribution is -2.22. The van der Waals surface area contributed by atoms with Crippen molar-refractivity contribution in [3.8, 4) is 0 Å². The minimum Gasteiger partial charge on any atom is -0.350 e. The van der Waals surface area contributed by atoms with Crippen LogP contribution >= 0.6 is 0 Å². The van der Waals surface area contributed by atoms with Gasteiger partial charge in [0.15, 0.2) is 23.2 Å². The molecule has 1 heterocycles. The van der Waals surface area contributed by atoms with Crippen LogP contribution in [0.2, 0.25) is 0 Å². The second-order valence-electron chi connectivity index (χ2n) is 4.52. The summed E-state index contributed by atoms with van der Waals surface area (Å²) >= 11 is 0. The Kier molecular flexibility index (Phi) is 3.25. The number of aromatic nitrogens is 1. The molecule has 0 atom stereocenters. The highest BCUT2D eigenvalue weighted by Crippen LogP contribution is 2.25. The molecule has 1 N–H and O–H groups in total. The number of hydrogen-bond donors (Lipinski definition) is 1. The molecule has 22 heavy (non-hydrogen) atoms. The maximum Gasteiger partial charge on any atom is 0.211 e. The lowest BCUT2D eigenvalue weighted by atomic mass is 9.94. The number of carbonyl (C=O) groups excluding carboxylic acids is 2. The smallest absolute Gasteiger partial charge is 0.211 e. The number of anilines is 1. The zero-order chi connectivity index (χ0) is 15.9. The van der Waals surface area contributed by atoms with E-state index in [4.69, 9.17) is 0 Å². The Bertz CT molecular complexity index is 847. The first-order chi connectivity index (χ1) is 10.5. The number of fused-ring (bicyclic) bond motifs is 1. The summed E-state index contributed by atoms with van der Waals surface area (Å²) in [5.41, 5.74) is -0.453. The van der Waals surface area contributed by atoms with Crippen molar-refractivity contribution in [2.24, 2.45) is 0 Å². The summed E-state index contributed by atoms with van der Waals surface area (Å²) < 4.78 is 39.7. The Hall–Kier alpha value is -2.96. The van der Waals surface area contributed by atoms with E-state index in [0.717, 1.165) is 12.1 Å². The number of ketones is 2. The van der Waals surface area contributed by atoms with Gasteiger partial charge in [0.05, 0.1) is 16.9 Å². The zero-order valence-electron chi connectivity index (χ0n) is 10.9. The zero-order valence-corrected chi connectivity index (χ0v) is 10.9. The van der Waals surface area contributed by atoms with E-state index in [1.165, 1.54) is 18.5 Å². The highest BCUT2D eigenvalue weighted by atomic mass is 19.2. The van der Waals surface area contributed by atoms with E-state index in [2.05, 4.69) is 10.3 Å². The maximum absolute atomic E-state index is 13.6. The molecule has 1 aromatic heterocycles. The summed E-state index contributed by atoms with van der Waals surface area (Å²) in [5, 5.41) is 2.32. The minimum absolute atomic E-state index is 0.0560. The van der Waals surface area contributed by atoms with Gasteiger partial charge in [0.1, 0.15) is 0 Å². The van der Waals surface area contributed by atoms with E-state index in [9.17, 15) is 22.8 Å². The Morgan fingerprint density at radius 2 is 1.73 bits per heavy atom. The number of nitrogens with zero attached hydrogens (tertiary/aromatic N) is 1. The van der Waals surface area contributed by atoms with Gasteiger partial charge in [-0.05, 0) is 18.2 Å². The maximum atomic E-state index is 13.6. The normalized spacial score (nSPS) is 13.7. The molecular weight excluding hydrogens is 297 g/mol. The summed E-state index contributed by atoms with van der Waals surface area (Å²) in [4.78, 5) is 27.9. The van der Waals surface area contributed by atoms with Gasteiger partial charge in [0, 0.05) is 24.0 Å². The Balaban J connectivity index is 2.00. The van der Waals surface area contributed by atoms with Crippen LogP contribution in [-0.4, -0.2) is 16.6 Å². The van der Waals surface area contributed by atoms with Crippen molar-refractivity contribution in [1.82, 2.24) is 4.98 Å². The van der Waals surface area contributed by atoms with Crippen molar-refractivity contribution in [2.75, 3.05) is 5.32 Å². The number of rotatable bonds is 2. The van der Waals surface area contributed by atoms with Crippen LogP contribution in [0.5, 0.6) is 0 Å². The van der Waals surface area contributed by atoms with Gasteiger partial charge >= 0.3 is 0 Å². The van der Waals surface area contributed by atoms with Crippen molar-refractivity contribution in [2.45, 2.75) is 0 Å². The van der Waals surface area contributed by atoms with E-state index in [-0.39, 0.29) is 16.8 Å². The van der Waals surface area contributed by atoms with E-state index >= 15 is 0 Å². The van der Waals surface area contributed by atoms with Crippen molar-refractivity contribution >= 4 is 17.3 Å². The SMILES string of the molecule is O=C1C=C(Nc2ccc(F)c(F)c2F)C(=O)c2cnccc21. The summed E-state index contributed by atoms with van der Waals surface area (Å²) in [5.74, 6) is -5.55. The van der Waals surface area contributed by atoms with Gasteiger partial charge < -0.3 is 5.32 Å². The van der Waals surface area contributed by atoms with Gasteiger partial charge in [-0.3, -0.25) is 14.6 Å². The average molecular weight is 304 g/mol. The monoisotopic (exact) mass is 304 g/mol. The molecule has 1 aliphatic carbocycles. The first-order valence-corrected chi connectivity index (χ1v) is 6.14. The molecular formula is C15H7F3N2O2. The van der Waals surface area contributed by atoms with Crippen LogP contribution in [0.25, 0.3) is 0 Å². The van der Waals surface area contributed by atoms with Gasteiger partial charge in [0.25, 0.3) is 0 Å². The molecule has 110 valence electrons. The van der Waals surface area contributed by atoms with Crippen molar-refractivity contribution in [3.05, 3.63) is 70.9 Å². The third-order valence-electron chi connectivity index (χ3n) is 3.16. The molecule has 0 bridgehead atoms. The van der Waals surface area contributed by atoms with Crippen molar-refractivity contribution in [1.29, 1.82) is 0 Å². The van der Waals surface area contributed by atoms with Crippen molar-refractivity contribution < 1.29 is 22.8 Å². The molecule has 0 saturated carbocycles. The predicted molar refractivity (Wildman–Crippen MR) is 70.9 cm³/mol. The fourth-order valence-corrected chi connectivity index (χ4v) is 2.07. The molecule has 0 unspecified atom stereocenters. The van der Waals surface area contributed by atoms with Crippen LogP contribution in [0.4, 0.5) is 18.9 Å². The van der Waals surface area contributed by atoms with Gasteiger partial charge in [0.2, 0.25) is 5.78 Å². The van der Waals surface area contributed by atoms with Crippen LogP contribution in [0, 0.1) is 17.5 Å². The Morgan fingerprint density at radius 3 is 2.50 bits per heavy atom. The topological polar surface area (TPSA) is 59.1 Å². The van der Waals surface area contributed by atoms with E-state index < -0.39 is 34.7 Å². The van der Waals surface area contributed by atoms with Crippen LogP contribution in [0.3, 0.4) is 0 Å². The number of pyridine rings is 1. The molecule has 0 fully saturated rings. The number of allylic oxidation sites excluding steroid dienone is 2. The first-order valence-electron chi connectivity index (χ1n) is 6.14. The number of Topliss-reactive ketones (excluding diaryl/α,β-unsaturated/α-hetero) is 1. The summed E-state index contributed by atoms with van der Waals surface area (Å²) in [7, 11) is 0. The fourth-order valence-electron chi connectivity index (χ4n) is 2.07. The third-order valence-corrected chi connectivity index (χ3v) is 3.16. The molecule has 0 amide bonds. The second-order valence-corrected chi connectivity index (χ2v) is 4.52. The summed E-state index contributed by atoms with van der Waals surface area (Å²) in [6.45, 7) is 0. The number of carbonyl (C=O) groups is 2. The Labute approximate surface area is 122 Å². The molecule has 7 heteroatoms. The lowest BCUT2D eigenvalue weighted by Gasteiger charge is -2.16. The van der Waals surface area contributed by atoms with E-state index in [0.29, 0.717) is 6.07 Å². The molecule has 1 aromatic carbocycles. The van der Waals surface area contributed by atoms with E-state index in [1.54, 1.807) is 0 Å². The molecule has 3 rings (SSSR count). The van der Waals surface area contributed by atoms with Gasteiger partial charge in [-0.25, -0.2) is 13.2 Å². The second kappa shape index (κ2) is 5.10. The third kappa shape index (κ3) is 2.16. The molecule has 0 saturated heterocycles. The molecule has 0 spiro atoms. The fraction of sp³-hybridized carbons (Fsp3) is 0. The quantitative estimate of drug-likeness (QED) is 0.867. The van der Waals surface area contributed by atoms with Crippen LogP contribution < -0.4 is 5.32 Å². The van der Waals surface area contributed by atoms with Gasteiger partial charge in [-0.1, -0.05) is 0 Å². The molecule has 2 aromatic rings. The van der Waals surface area contributed by atoms with Crippen LogP contribution in [0.1, 0.15) is 20.7 Å². The van der Waals surface area contributed by atoms with Crippen LogP contribution in [-0.2, 0) is 0 Å². The van der Waals surface area contributed by atoms with Crippen LogP contribution in [0.15, 0.2) is 42.4 Å². The lowest BCUT2D eigenvalue weighted by molar-refractivity contribution is 0.0985. The van der Waals surface area contributed by atoms with Gasteiger partial charge in [-0.15, -0.1) is 0 Å². The number of nitrogens with one attached hydrogen (secondary N) is 1. The van der Waals surface area contributed by atoms with Crippen molar-refractivity contribution in [3.63, 3.8) is 0 Å². The Morgan fingerprint density at radius 1 is 0.955 bits per heavy atom. The summed E-state index contributed by atoms with van der Waals surface area (Å²) in [6.07, 6.45) is 3.56. The van der Waals surface area contributed by atoms with E-state index in [1.807, 2.05) is 0 Å². The molecule has 0 aliphatic heterocycles. The number of benzene rings is 1. The standard InChI is InChI=1S/C15H7F3N2O2/c16-9-1-2-10(14(18)13(9)17)20-11-5-12(21)7-3-4-19-6-8(7)15(11)22/h1-6,20H. The molecule has 0 radical (unpaired) electrons. The average Bonchev–Trinajstić information content (AvgIpc) is 2.53. The van der Waals surface area contributed by atoms with Gasteiger partial charge in [-0.2, -0.15) is 0 Å². The molecule has 4 nitrogen and oxygen atoms in total. The highest BCUT2D eigenvalue weighted by Gasteiger charge is 2.26. The largest absolute Gasteiger partial charge is 0.350 e. The molecule has 1 aliphatic rings. The summed E-state index contributed by atoms with van der Waals surface area (Å²) in [6, 6.07) is 3.04. The number of hydrogen-bond acceptors (Lipinski definition) is 4. The first kappa shape index (κ1) is 14.0.